The fraction of sp³-hybridized carbons (Fsp3) is 0.429. The largest absolute Gasteiger partial charge is 0.417 e. The van der Waals surface area contributed by atoms with E-state index in [1.807, 2.05) is 4.89 Å². The van der Waals surface area contributed by atoms with Crippen molar-refractivity contribution in [3.8, 4) is 0 Å². The van der Waals surface area contributed by atoms with E-state index in [9.17, 15) is 71.9 Å². The summed E-state index contributed by atoms with van der Waals surface area (Å²) in [5, 5.41) is 16.1. The zero-order valence-corrected chi connectivity index (χ0v) is 29.3. The van der Waals surface area contributed by atoms with E-state index < -0.39 is 59.9 Å². The lowest BCUT2D eigenvalue weighted by molar-refractivity contribution is -0.411. The van der Waals surface area contributed by atoms with Gasteiger partial charge >= 0.3 is 59.9 Å². The Morgan fingerprint density at radius 2 is 1.07 bits per heavy atom. The third kappa shape index (κ3) is 12.5. The van der Waals surface area contributed by atoms with Gasteiger partial charge in [0.2, 0.25) is 0 Å². The summed E-state index contributed by atoms with van der Waals surface area (Å²) in [6, 6.07) is 8.30. The van der Waals surface area contributed by atoms with E-state index in [-0.39, 0.29) is 21.2 Å². The van der Waals surface area contributed by atoms with Crippen LogP contribution in [-0.2, 0) is 29.1 Å². The first kappa shape index (κ1) is 50.6. The average Bonchev–Trinajstić information content (AvgIpc) is 3.08. The summed E-state index contributed by atoms with van der Waals surface area (Å²) in [5.41, 5.74) is 0.00198. The van der Waals surface area contributed by atoms with Crippen molar-refractivity contribution >= 4 is 70.3 Å². The highest BCUT2D eigenvalue weighted by Crippen LogP contribution is 2.58. The van der Waals surface area contributed by atoms with Crippen LogP contribution in [0.3, 0.4) is 0 Å². The summed E-state index contributed by atoms with van der Waals surface area (Å²) < 4.78 is 149. The van der Waals surface area contributed by atoms with Gasteiger partial charge in [-0.2, -0.15) is 54.4 Å². The number of carbonyl (C=O) groups is 4. The fourth-order valence-electron chi connectivity index (χ4n) is 3.14. The molecule has 2 N–H and O–H groups in total. The summed E-state index contributed by atoms with van der Waals surface area (Å²) in [6.07, 6.45) is -1.18. The molecule has 0 atom stereocenters. The van der Waals surface area contributed by atoms with Crippen LogP contribution in [0.1, 0.15) is 59.7 Å². The maximum Gasteiger partial charge on any atom is 0.417 e. The number of carbonyl (C=O) groups excluding carboxylic acids is 4. The predicted molar refractivity (Wildman–Crippen MR) is 161 cm³/mol. The van der Waals surface area contributed by atoms with Crippen LogP contribution < -0.4 is 0 Å². The van der Waals surface area contributed by atoms with Crippen molar-refractivity contribution in [3.63, 3.8) is 0 Å². The molecule has 0 saturated heterocycles. The maximum absolute atomic E-state index is 12.7. The standard InChI is InChI=1S/C14H6Cl4O4.C7H2F12O3.C7H14O3/c15-7-1-3-9(11(17)5-7)13(19)21-22-14(20)10-4-2-8(16)6-12(10)18;8-1(9)3(10,11)5(14,15)7(18,19)6(16,17)4(12,13)2(20)22-21;1-2-3-4-5-6-7(8)10-9/h1-6H;1,21H;9H,2-6H2,1H3. The molecule has 0 aliphatic carbocycles. The van der Waals surface area contributed by atoms with E-state index in [1.54, 1.807) is 0 Å². The number of halogens is 16. The van der Waals surface area contributed by atoms with Gasteiger partial charge in [-0.1, -0.05) is 72.6 Å². The lowest BCUT2D eigenvalue weighted by Gasteiger charge is -2.37. The first-order valence-electron chi connectivity index (χ1n) is 13.8. The Morgan fingerprint density at radius 1 is 0.648 bits per heavy atom. The van der Waals surface area contributed by atoms with Gasteiger partial charge in [0.05, 0.1) is 21.2 Å². The van der Waals surface area contributed by atoms with Crippen LogP contribution in [0.25, 0.3) is 0 Å². The lowest BCUT2D eigenvalue weighted by Crippen LogP contribution is -2.70. The topological polar surface area (TPSA) is 146 Å². The molecule has 0 aromatic heterocycles. The van der Waals surface area contributed by atoms with Gasteiger partial charge in [0.1, 0.15) is 0 Å². The van der Waals surface area contributed by atoms with E-state index >= 15 is 0 Å². The molecule has 306 valence electrons. The van der Waals surface area contributed by atoms with Gasteiger partial charge < -0.3 is 4.89 Å². The Kier molecular flexibility index (Phi) is 19.7. The summed E-state index contributed by atoms with van der Waals surface area (Å²) in [4.78, 5) is 58.2. The highest BCUT2D eigenvalue weighted by molar-refractivity contribution is 6.37. The van der Waals surface area contributed by atoms with Crippen LogP contribution >= 0.6 is 46.4 Å². The molecule has 0 fully saturated rings. The molecule has 0 unspecified atom stereocenters. The molecule has 0 aliphatic heterocycles. The molecular weight excluding hydrogens is 866 g/mol. The van der Waals surface area contributed by atoms with Gasteiger partial charge in [-0.15, -0.1) is 0 Å². The molecular formula is C28H22Cl4F12O10. The summed E-state index contributed by atoms with van der Waals surface area (Å²) >= 11 is 23.1. The maximum atomic E-state index is 12.7. The van der Waals surface area contributed by atoms with Crippen LogP contribution in [0.5, 0.6) is 0 Å². The molecule has 2 aromatic carbocycles. The van der Waals surface area contributed by atoms with E-state index in [0.717, 1.165) is 25.7 Å². The quantitative estimate of drug-likeness (QED) is 0.0863. The third-order valence-corrected chi connectivity index (χ3v) is 7.14. The highest BCUT2D eigenvalue weighted by atomic mass is 35.5. The number of alkyl halides is 12. The number of rotatable bonds is 13. The van der Waals surface area contributed by atoms with Crippen LogP contribution in [0.2, 0.25) is 20.1 Å². The fourth-order valence-corrected chi connectivity index (χ4v) is 4.11. The molecule has 0 spiro atoms. The third-order valence-electron chi connectivity index (χ3n) is 6.05. The molecule has 10 nitrogen and oxygen atoms in total. The van der Waals surface area contributed by atoms with Gasteiger partial charge in [-0.05, 0) is 42.8 Å². The molecule has 54 heavy (non-hydrogen) atoms. The summed E-state index contributed by atoms with van der Waals surface area (Å²) in [6.45, 7) is 2.10. The number of benzene rings is 2. The summed E-state index contributed by atoms with van der Waals surface area (Å²) in [5.74, 6) is -43.6. The van der Waals surface area contributed by atoms with E-state index in [0.29, 0.717) is 16.5 Å². The Morgan fingerprint density at radius 3 is 1.41 bits per heavy atom. The highest BCUT2D eigenvalue weighted by Gasteiger charge is 2.89. The van der Waals surface area contributed by atoms with Gasteiger partial charge in [0, 0.05) is 16.5 Å². The van der Waals surface area contributed by atoms with E-state index in [4.69, 9.17) is 56.9 Å². The van der Waals surface area contributed by atoms with Crippen LogP contribution in [0, 0.1) is 0 Å². The number of hydrogen-bond donors (Lipinski definition) is 2. The minimum atomic E-state index is -7.84. The van der Waals surface area contributed by atoms with Crippen molar-refractivity contribution < 1.29 is 102 Å². The van der Waals surface area contributed by atoms with E-state index in [1.165, 1.54) is 36.4 Å². The first-order chi connectivity index (χ1) is 24.6. The van der Waals surface area contributed by atoms with Crippen molar-refractivity contribution in [1.29, 1.82) is 0 Å². The van der Waals surface area contributed by atoms with Crippen molar-refractivity contribution in [2.45, 2.75) is 75.1 Å². The Bertz CT molecular complexity index is 1540. The van der Waals surface area contributed by atoms with Crippen LogP contribution in [0.4, 0.5) is 52.7 Å². The van der Waals surface area contributed by atoms with Gasteiger partial charge in [-0.25, -0.2) is 37.7 Å². The molecule has 0 radical (unpaired) electrons. The molecule has 0 heterocycles. The van der Waals surface area contributed by atoms with Crippen LogP contribution in [0.15, 0.2) is 36.4 Å². The number of hydrogen-bond acceptors (Lipinski definition) is 10. The Hall–Kier alpha value is -3.44. The molecule has 26 heteroatoms. The van der Waals surface area contributed by atoms with Gasteiger partial charge in [0.15, 0.2) is 0 Å². The van der Waals surface area contributed by atoms with Crippen LogP contribution in [-0.4, -0.2) is 70.4 Å². The smallest absolute Gasteiger partial charge is 0.301 e. The minimum absolute atomic E-state index is 0.000990. The lowest BCUT2D eigenvalue weighted by atomic mass is 9.94. The van der Waals surface area contributed by atoms with Crippen molar-refractivity contribution in [1.82, 2.24) is 0 Å². The molecule has 0 aliphatic rings. The second-order valence-corrected chi connectivity index (χ2v) is 11.6. The summed E-state index contributed by atoms with van der Waals surface area (Å²) in [7, 11) is 0. The number of unbranched alkanes of at least 4 members (excludes halogenated alkanes) is 3. The van der Waals surface area contributed by atoms with Gasteiger partial charge in [0.25, 0.3) is 0 Å². The second-order valence-electron chi connectivity index (χ2n) is 9.86. The molecule has 0 saturated carbocycles. The van der Waals surface area contributed by atoms with E-state index in [2.05, 4.69) is 21.6 Å². The molecule has 0 amide bonds. The molecule has 0 bridgehead atoms. The Labute approximate surface area is 314 Å². The SMILES string of the molecule is CCCCCCC(=O)OO.O=C(OO)C(F)(F)C(F)(F)C(F)(F)C(F)(F)C(F)(F)C(F)F.O=C(OOC(=O)c1ccc(Cl)cc1Cl)c1ccc(Cl)cc1Cl. The average molecular weight is 888 g/mol. The van der Waals surface area contributed by atoms with Crippen molar-refractivity contribution in [2.75, 3.05) is 0 Å². The van der Waals surface area contributed by atoms with Crippen molar-refractivity contribution in [2.24, 2.45) is 0 Å². The first-order valence-corrected chi connectivity index (χ1v) is 15.3. The Balaban J connectivity index is 0.000000837. The normalized spacial score (nSPS) is 12.1. The minimum Gasteiger partial charge on any atom is -0.301 e. The zero-order chi connectivity index (χ0) is 42.5. The molecule has 2 rings (SSSR count). The predicted octanol–water partition coefficient (Wildman–Crippen LogP) is 10.6. The molecule has 2 aromatic rings. The monoisotopic (exact) mass is 886 g/mol. The van der Waals surface area contributed by atoms with Crippen molar-refractivity contribution in [3.05, 3.63) is 67.6 Å². The second kappa shape index (κ2) is 21.0. The zero-order valence-electron chi connectivity index (χ0n) is 26.3. The van der Waals surface area contributed by atoms with Gasteiger partial charge in [-0.3, -0.25) is 4.89 Å².